The number of hydrogen-bond acceptors (Lipinski definition) is 7. The summed E-state index contributed by atoms with van der Waals surface area (Å²) in [7, 11) is 1.63. The zero-order chi connectivity index (χ0) is 20.4. The first kappa shape index (κ1) is 19.8. The lowest BCUT2D eigenvalue weighted by molar-refractivity contribution is 0.0774. The largest absolute Gasteiger partial charge is 0.427 e. The third-order valence-electron chi connectivity index (χ3n) is 5.99. The lowest BCUT2D eigenvalue weighted by Gasteiger charge is -2.22. The van der Waals surface area contributed by atoms with Gasteiger partial charge >= 0.3 is 5.63 Å². The standard InChI is InChI=1S/C21H28N4O4/c1-13-10-16(15-8-5-9-22-11-15)28-21(27)18(13)20(26)25(2)12-17-23-19(29-24-17)14-6-3-4-7-14/h10,14-15,22H,3-9,11-12H2,1-2H3. The van der Waals surface area contributed by atoms with Crippen molar-refractivity contribution in [3.05, 3.63) is 45.1 Å². The van der Waals surface area contributed by atoms with Gasteiger partial charge < -0.3 is 19.2 Å². The van der Waals surface area contributed by atoms with Crippen LogP contribution in [0.2, 0.25) is 0 Å². The molecule has 0 bridgehead atoms. The molecular weight excluding hydrogens is 372 g/mol. The number of carbonyl (C=O) groups is 1. The minimum atomic E-state index is -0.581. The Morgan fingerprint density at radius 1 is 1.24 bits per heavy atom. The van der Waals surface area contributed by atoms with Crippen LogP contribution in [-0.4, -0.2) is 41.1 Å². The number of carbonyl (C=O) groups excluding carboxylic acids is 1. The number of nitrogens with zero attached hydrogens (tertiary/aromatic N) is 3. The van der Waals surface area contributed by atoms with Gasteiger partial charge in [0.1, 0.15) is 11.3 Å². The molecule has 1 aliphatic heterocycles. The average molecular weight is 400 g/mol. The van der Waals surface area contributed by atoms with Gasteiger partial charge in [0.05, 0.1) is 6.54 Å². The molecule has 1 saturated heterocycles. The number of rotatable bonds is 5. The monoisotopic (exact) mass is 400 g/mol. The number of amides is 1. The molecule has 4 rings (SSSR count). The van der Waals surface area contributed by atoms with E-state index in [4.69, 9.17) is 8.94 Å². The quantitative estimate of drug-likeness (QED) is 0.823. The van der Waals surface area contributed by atoms with Gasteiger partial charge in [-0.2, -0.15) is 4.98 Å². The van der Waals surface area contributed by atoms with Crippen LogP contribution in [-0.2, 0) is 6.54 Å². The molecule has 2 fully saturated rings. The highest BCUT2D eigenvalue weighted by atomic mass is 16.5. The average Bonchev–Trinajstić information content (AvgIpc) is 3.39. The fraction of sp³-hybridized carbons (Fsp3) is 0.619. The molecule has 2 aromatic heterocycles. The van der Waals surface area contributed by atoms with Gasteiger partial charge in [-0.15, -0.1) is 0 Å². The summed E-state index contributed by atoms with van der Waals surface area (Å²) in [4.78, 5) is 31.4. The van der Waals surface area contributed by atoms with Crippen LogP contribution < -0.4 is 10.9 Å². The molecule has 0 radical (unpaired) electrons. The van der Waals surface area contributed by atoms with E-state index < -0.39 is 11.5 Å². The molecule has 0 aromatic carbocycles. The summed E-state index contributed by atoms with van der Waals surface area (Å²) in [5.74, 6) is 1.86. The summed E-state index contributed by atoms with van der Waals surface area (Å²) in [5, 5.41) is 7.33. The maximum absolute atomic E-state index is 12.9. The van der Waals surface area contributed by atoms with Gasteiger partial charge in [-0.05, 0) is 50.8 Å². The van der Waals surface area contributed by atoms with Crippen LogP contribution in [0.5, 0.6) is 0 Å². The van der Waals surface area contributed by atoms with Crippen molar-refractivity contribution < 1.29 is 13.7 Å². The lowest BCUT2D eigenvalue weighted by Crippen LogP contribution is -2.33. The van der Waals surface area contributed by atoms with Crippen molar-refractivity contribution in [2.24, 2.45) is 0 Å². The lowest BCUT2D eigenvalue weighted by atomic mass is 9.95. The number of piperidine rings is 1. The molecule has 1 amide bonds. The SMILES string of the molecule is Cc1cc(C2CCCNC2)oc(=O)c1C(=O)N(C)Cc1noc(C2CCCC2)n1. The van der Waals surface area contributed by atoms with Gasteiger partial charge in [-0.1, -0.05) is 18.0 Å². The number of nitrogens with one attached hydrogen (secondary N) is 1. The molecular formula is C21H28N4O4. The minimum absolute atomic E-state index is 0.0690. The first-order valence-electron chi connectivity index (χ1n) is 10.5. The summed E-state index contributed by atoms with van der Waals surface area (Å²) in [6.45, 7) is 3.74. The molecule has 8 heteroatoms. The van der Waals surface area contributed by atoms with Gasteiger partial charge in [0.2, 0.25) is 5.89 Å². The van der Waals surface area contributed by atoms with E-state index in [1.807, 2.05) is 6.07 Å². The van der Waals surface area contributed by atoms with Crippen molar-refractivity contribution in [2.75, 3.05) is 20.1 Å². The maximum atomic E-state index is 12.9. The molecule has 1 aliphatic carbocycles. The highest BCUT2D eigenvalue weighted by Crippen LogP contribution is 2.33. The van der Waals surface area contributed by atoms with Crippen LogP contribution in [0.1, 0.15) is 83.8 Å². The predicted molar refractivity (Wildman–Crippen MR) is 106 cm³/mol. The van der Waals surface area contributed by atoms with E-state index in [0.717, 1.165) is 38.8 Å². The number of hydrogen-bond donors (Lipinski definition) is 1. The van der Waals surface area contributed by atoms with E-state index in [9.17, 15) is 9.59 Å². The van der Waals surface area contributed by atoms with E-state index in [0.29, 0.717) is 29.0 Å². The van der Waals surface area contributed by atoms with Crippen LogP contribution in [0.25, 0.3) is 0 Å². The molecule has 0 spiro atoms. The minimum Gasteiger partial charge on any atom is -0.427 e. The summed E-state index contributed by atoms with van der Waals surface area (Å²) in [6, 6.07) is 1.83. The second-order valence-corrected chi connectivity index (χ2v) is 8.23. The summed E-state index contributed by atoms with van der Waals surface area (Å²) in [6.07, 6.45) is 6.53. The third-order valence-corrected chi connectivity index (χ3v) is 5.99. The number of aryl methyl sites for hydroxylation is 1. The van der Waals surface area contributed by atoms with Crippen molar-refractivity contribution in [3.8, 4) is 0 Å². The number of aromatic nitrogens is 2. The van der Waals surface area contributed by atoms with E-state index in [2.05, 4.69) is 15.5 Å². The normalized spacial score (nSPS) is 20.1. The van der Waals surface area contributed by atoms with Crippen LogP contribution in [0, 0.1) is 6.92 Å². The van der Waals surface area contributed by atoms with Gasteiger partial charge in [0, 0.05) is 25.4 Å². The van der Waals surface area contributed by atoms with Crippen molar-refractivity contribution in [1.82, 2.24) is 20.4 Å². The molecule has 1 atom stereocenters. The van der Waals surface area contributed by atoms with E-state index in [1.54, 1.807) is 14.0 Å². The molecule has 2 aromatic rings. The van der Waals surface area contributed by atoms with E-state index in [-0.39, 0.29) is 18.0 Å². The Labute approximate surface area is 169 Å². The molecule has 2 aliphatic rings. The predicted octanol–water partition coefficient (Wildman–Crippen LogP) is 2.73. The highest BCUT2D eigenvalue weighted by Gasteiger charge is 2.26. The fourth-order valence-corrected chi connectivity index (χ4v) is 4.33. The summed E-state index contributed by atoms with van der Waals surface area (Å²) >= 11 is 0. The Kier molecular flexibility index (Phi) is 5.80. The van der Waals surface area contributed by atoms with Crippen LogP contribution in [0.15, 0.2) is 19.8 Å². The molecule has 1 unspecified atom stereocenters. The molecule has 1 N–H and O–H groups in total. The Morgan fingerprint density at radius 2 is 2.00 bits per heavy atom. The topological polar surface area (TPSA) is 101 Å². The van der Waals surface area contributed by atoms with Gasteiger partial charge in [-0.3, -0.25) is 4.79 Å². The summed E-state index contributed by atoms with van der Waals surface area (Å²) in [5.41, 5.74) is 0.125. The molecule has 29 heavy (non-hydrogen) atoms. The Bertz CT molecular complexity index is 923. The van der Waals surface area contributed by atoms with Gasteiger partial charge in [0.25, 0.3) is 5.91 Å². The molecule has 156 valence electrons. The fourth-order valence-electron chi connectivity index (χ4n) is 4.33. The van der Waals surface area contributed by atoms with Crippen molar-refractivity contribution in [1.29, 1.82) is 0 Å². The smallest absolute Gasteiger partial charge is 0.349 e. The van der Waals surface area contributed by atoms with Crippen LogP contribution >= 0.6 is 0 Å². The Morgan fingerprint density at radius 3 is 2.69 bits per heavy atom. The molecule has 1 saturated carbocycles. The first-order chi connectivity index (χ1) is 14.0. The van der Waals surface area contributed by atoms with Gasteiger partial charge in [0.15, 0.2) is 5.82 Å². The Hall–Kier alpha value is -2.48. The zero-order valence-corrected chi connectivity index (χ0v) is 17.1. The first-order valence-corrected chi connectivity index (χ1v) is 10.5. The molecule has 3 heterocycles. The Balaban J connectivity index is 1.47. The highest BCUT2D eigenvalue weighted by molar-refractivity contribution is 5.94. The molecule has 8 nitrogen and oxygen atoms in total. The van der Waals surface area contributed by atoms with Crippen molar-refractivity contribution in [2.45, 2.75) is 63.8 Å². The van der Waals surface area contributed by atoms with Crippen molar-refractivity contribution in [3.63, 3.8) is 0 Å². The van der Waals surface area contributed by atoms with Crippen LogP contribution in [0.4, 0.5) is 0 Å². The van der Waals surface area contributed by atoms with Crippen molar-refractivity contribution >= 4 is 5.91 Å². The van der Waals surface area contributed by atoms with Crippen LogP contribution in [0.3, 0.4) is 0 Å². The maximum Gasteiger partial charge on any atom is 0.349 e. The van der Waals surface area contributed by atoms with E-state index >= 15 is 0 Å². The van der Waals surface area contributed by atoms with Gasteiger partial charge in [-0.25, -0.2) is 4.79 Å². The third kappa shape index (κ3) is 4.27. The second-order valence-electron chi connectivity index (χ2n) is 8.23. The van der Waals surface area contributed by atoms with E-state index in [1.165, 1.54) is 17.7 Å². The second kappa shape index (κ2) is 8.49. The zero-order valence-electron chi connectivity index (χ0n) is 17.1. The summed E-state index contributed by atoms with van der Waals surface area (Å²) < 4.78 is 10.9.